The molecule has 1 rings (SSSR count). The van der Waals surface area contributed by atoms with Crippen LogP contribution in [0.25, 0.3) is 0 Å². The van der Waals surface area contributed by atoms with Crippen molar-refractivity contribution in [3.8, 4) is 0 Å². The van der Waals surface area contributed by atoms with Crippen LogP contribution in [-0.2, 0) is 0 Å². The first-order valence-corrected chi connectivity index (χ1v) is 6.71. The van der Waals surface area contributed by atoms with Crippen LogP contribution in [-0.4, -0.2) is 5.78 Å². The van der Waals surface area contributed by atoms with Gasteiger partial charge in [-0.1, -0.05) is 43.9 Å². The van der Waals surface area contributed by atoms with E-state index in [-0.39, 0.29) is 5.92 Å². The van der Waals surface area contributed by atoms with Crippen molar-refractivity contribution in [2.45, 2.75) is 53.4 Å². The Hall–Kier alpha value is -1.11. The molecule has 1 heteroatoms. The zero-order valence-corrected chi connectivity index (χ0v) is 11.5. The van der Waals surface area contributed by atoms with Crippen molar-refractivity contribution in [2.24, 2.45) is 5.92 Å². The van der Waals surface area contributed by atoms with Crippen molar-refractivity contribution in [2.75, 3.05) is 0 Å². The number of carbonyl (C=O) groups is 1. The van der Waals surface area contributed by atoms with E-state index >= 15 is 0 Å². The Labute approximate surface area is 105 Å². The summed E-state index contributed by atoms with van der Waals surface area (Å²) in [7, 11) is 0. The highest BCUT2D eigenvalue weighted by Gasteiger charge is 2.18. The molecule has 1 aromatic rings. The van der Waals surface area contributed by atoms with Crippen LogP contribution in [0.15, 0.2) is 18.2 Å². The molecule has 0 fully saturated rings. The SMILES string of the molecule is CCCC(CCC)C(=O)c1cc(C)cc(C)c1. The van der Waals surface area contributed by atoms with Crippen molar-refractivity contribution >= 4 is 5.78 Å². The van der Waals surface area contributed by atoms with E-state index < -0.39 is 0 Å². The second kappa shape index (κ2) is 6.58. The smallest absolute Gasteiger partial charge is 0.165 e. The molecular weight excluding hydrogens is 208 g/mol. The second-order valence-electron chi connectivity index (χ2n) is 5.01. The average Bonchev–Trinajstić information content (AvgIpc) is 2.26. The number of aryl methyl sites for hydroxylation is 2. The molecule has 0 atom stereocenters. The van der Waals surface area contributed by atoms with E-state index in [0.29, 0.717) is 5.78 Å². The quantitative estimate of drug-likeness (QED) is 0.650. The van der Waals surface area contributed by atoms with Crippen molar-refractivity contribution in [1.82, 2.24) is 0 Å². The summed E-state index contributed by atoms with van der Waals surface area (Å²) in [5.74, 6) is 0.548. The fourth-order valence-electron chi connectivity index (χ4n) is 2.46. The first kappa shape index (κ1) is 14.0. The Balaban J connectivity index is 2.92. The summed E-state index contributed by atoms with van der Waals surface area (Å²) in [6, 6.07) is 6.16. The maximum atomic E-state index is 12.4. The summed E-state index contributed by atoms with van der Waals surface area (Å²) in [6.45, 7) is 8.41. The van der Waals surface area contributed by atoms with Crippen LogP contribution in [0.5, 0.6) is 0 Å². The number of hydrogen-bond donors (Lipinski definition) is 0. The van der Waals surface area contributed by atoms with E-state index in [1.807, 2.05) is 12.1 Å². The fraction of sp³-hybridized carbons (Fsp3) is 0.562. The summed E-state index contributed by atoms with van der Waals surface area (Å²) in [5, 5.41) is 0. The predicted molar refractivity (Wildman–Crippen MR) is 73.6 cm³/mol. The van der Waals surface area contributed by atoms with E-state index in [1.54, 1.807) is 0 Å². The molecule has 0 aliphatic rings. The van der Waals surface area contributed by atoms with Gasteiger partial charge >= 0.3 is 0 Å². The molecule has 0 saturated heterocycles. The van der Waals surface area contributed by atoms with Gasteiger partial charge in [-0.3, -0.25) is 4.79 Å². The van der Waals surface area contributed by atoms with Gasteiger partial charge in [0.15, 0.2) is 5.78 Å². The van der Waals surface area contributed by atoms with Crippen LogP contribution >= 0.6 is 0 Å². The van der Waals surface area contributed by atoms with Gasteiger partial charge in [-0.15, -0.1) is 0 Å². The van der Waals surface area contributed by atoms with E-state index in [2.05, 4.69) is 33.8 Å². The molecule has 17 heavy (non-hydrogen) atoms. The Morgan fingerprint density at radius 2 is 1.47 bits per heavy atom. The lowest BCUT2D eigenvalue weighted by Crippen LogP contribution is -2.15. The first-order chi connectivity index (χ1) is 8.08. The van der Waals surface area contributed by atoms with Crippen LogP contribution in [0, 0.1) is 19.8 Å². The van der Waals surface area contributed by atoms with Crippen molar-refractivity contribution < 1.29 is 4.79 Å². The van der Waals surface area contributed by atoms with Gasteiger partial charge in [0.05, 0.1) is 0 Å². The third kappa shape index (κ3) is 3.99. The number of ketones is 1. The van der Waals surface area contributed by atoms with Crippen LogP contribution in [0.2, 0.25) is 0 Å². The number of hydrogen-bond acceptors (Lipinski definition) is 1. The molecule has 0 aliphatic heterocycles. The molecule has 0 N–H and O–H groups in total. The fourth-order valence-corrected chi connectivity index (χ4v) is 2.46. The molecular formula is C16H24O. The van der Waals surface area contributed by atoms with E-state index in [1.165, 1.54) is 11.1 Å². The van der Waals surface area contributed by atoms with Gasteiger partial charge in [-0.05, 0) is 38.8 Å². The number of carbonyl (C=O) groups excluding carboxylic acids is 1. The maximum Gasteiger partial charge on any atom is 0.165 e. The molecule has 0 aromatic heterocycles. The lowest BCUT2D eigenvalue weighted by molar-refractivity contribution is 0.0904. The van der Waals surface area contributed by atoms with Crippen LogP contribution in [0.4, 0.5) is 0 Å². The maximum absolute atomic E-state index is 12.4. The minimum atomic E-state index is 0.214. The topological polar surface area (TPSA) is 17.1 Å². The lowest BCUT2D eigenvalue weighted by Gasteiger charge is -2.14. The molecule has 0 aliphatic carbocycles. The van der Waals surface area contributed by atoms with Gasteiger partial charge in [0.2, 0.25) is 0 Å². The molecule has 0 radical (unpaired) electrons. The van der Waals surface area contributed by atoms with Crippen molar-refractivity contribution in [1.29, 1.82) is 0 Å². The standard InChI is InChI=1S/C16H24O/c1-5-7-14(8-6-2)16(17)15-10-12(3)9-13(4)11-15/h9-11,14H,5-8H2,1-4H3. The van der Waals surface area contributed by atoms with E-state index in [9.17, 15) is 4.79 Å². The summed E-state index contributed by atoms with van der Waals surface area (Å²) < 4.78 is 0. The van der Waals surface area contributed by atoms with Crippen LogP contribution < -0.4 is 0 Å². The van der Waals surface area contributed by atoms with Crippen LogP contribution in [0.3, 0.4) is 0 Å². The molecule has 0 spiro atoms. The molecule has 0 heterocycles. The largest absolute Gasteiger partial charge is 0.294 e. The van der Waals surface area contributed by atoms with E-state index in [4.69, 9.17) is 0 Å². The van der Waals surface area contributed by atoms with Gasteiger partial charge in [-0.2, -0.15) is 0 Å². The summed E-state index contributed by atoms with van der Waals surface area (Å²) in [6.07, 6.45) is 4.20. The lowest BCUT2D eigenvalue weighted by atomic mass is 9.89. The Morgan fingerprint density at radius 3 is 1.88 bits per heavy atom. The third-order valence-corrected chi connectivity index (χ3v) is 3.15. The highest BCUT2D eigenvalue weighted by Crippen LogP contribution is 2.21. The number of Topliss-reactive ketones (excluding diaryl/α,β-unsaturated/α-hetero) is 1. The van der Waals surface area contributed by atoms with Crippen molar-refractivity contribution in [3.63, 3.8) is 0 Å². The Kier molecular flexibility index (Phi) is 5.40. The molecule has 0 unspecified atom stereocenters. The molecule has 1 aromatic carbocycles. The molecule has 94 valence electrons. The van der Waals surface area contributed by atoms with Gasteiger partial charge in [0, 0.05) is 11.5 Å². The highest BCUT2D eigenvalue weighted by molar-refractivity contribution is 5.98. The summed E-state index contributed by atoms with van der Waals surface area (Å²) >= 11 is 0. The first-order valence-electron chi connectivity index (χ1n) is 6.71. The summed E-state index contributed by atoms with van der Waals surface area (Å²) in [5.41, 5.74) is 3.26. The van der Waals surface area contributed by atoms with Crippen LogP contribution in [0.1, 0.15) is 61.0 Å². The Bertz CT molecular complexity index is 353. The summed E-state index contributed by atoms with van der Waals surface area (Å²) in [4.78, 5) is 12.4. The zero-order chi connectivity index (χ0) is 12.8. The van der Waals surface area contributed by atoms with Crippen molar-refractivity contribution in [3.05, 3.63) is 34.9 Å². The van der Waals surface area contributed by atoms with Gasteiger partial charge in [-0.25, -0.2) is 0 Å². The molecule has 0 saturated carbocycles. The van der Waals surface area contributed by atoms with Gasteiger partial charge < -0.3 is 0 Å². The third-order valence-electron chi connectivity index (χ3n) is 3.15. The Morgan fingerprint density at radius 1 is 1.00 bits per heavy atom. The number of rotatable bonds is 6. The highest BCUT2D eigenvalue weighted by atomic mass is 16.1. The predicted octanol–water partition coefficient (Wildman–Crippen LogP) is 4.70. The average molecular weight is 232 g/mol. The van der Waals surface area contributed by atoms with Gasteiger partial charge in [0.25, 0.3) is 0 Å². The minimum Gasteiger partial charge on any atom is -0.294 e. The second-order valence-corrected chi connectivity index (χ2v) is 5.01. The van der Waals surface area contributed by atoms with Gasteiger partial charge in [0.1, 0.15) is 0 Å². The molecule has 0 amide bonds. The van der Waals surface area contributed by atoms with E-state index in [0.717, 1.165) is 31.2 Å². The number of benzene rings is 1. The molecule has 0 bridgehead atoms. The minimum absolute atomic E-state index is 0.214. The monoisotopic (exact) mass is 232 g/mol. The normalized spacial score (nSPS) is 10.9. The zero-order valence-electron chi connectivity index (χ0n) is 11.5. The molecule has 1 nitrogen and oxygen atoms in total.